The molecule has 4 aromatic rings. The number of aliphatic hydroxyl groups excluding tert-OH is 4. The van der Waals surface area contributed by atoms with E-state index in [1.54, 1.807) is 111 Å². The number of likely N-dealkylation sites (N-methyl/N-ethyl adjacent to an activating group) is 1. The van der Waals surface area contributed by atoms with Crippen molar-refractivity contribution in [2.75, 3.05) is 84.8 Å². The van der Waals surface area contributed by atoms with E-state index >= 15 is 0 Å². The molecule has 119 heavy (non-hydrogen) atoms. The van der Waals surface area contributed by atoms with E-state index in [2.05, 4.69) is 44.4 Å². The molecule has 8 bridgehead atoms. The van der Waals surface area contributed by atoms with E-state index in [9.17, 15) is 74.7 Å². The Morgan fingerprint density at radius 1 is 0.622 bits per heavy atom. The summed E-state index contributed by atoms with van der Waals surface area (Å²) < 4.78 is 46.6. The van der Waals surface area contributed by atoms with Crippen LogP contribution in [0.2, 0.25) is 0 Å². The predicted molar refractivity (Wildman–Crippen MR) is 446 cm³/mol. The number of esters is 3. The smallest absolute Gasteiger partial charge is 0.347 e. The number of benzene rings is 4. The normalized spacial score (nSPS) is 31.0. The number of allylic oxidation sites excluding steroid dienone is 4. The maximum atomic E-state index is 14.7. The first kappa shape index (κ1) is 92.9. The number of Topliss-reactive ketones (excluding diaryl/α,β-unsaturated/α-hetero) is 1. The number of hydrogen-bond acceptors (Lipinski definition) is 29. The standard InChI is InChI=1S/C46H62N4O11.C42H58N4O12/c1-22(2)21-50-18-16-46(17-19-50)48-34-31-32-39(54)28(8)42-33(31)43(56)45(10,61-42)59-20-15-30(58-11)25(5)41(60-29(9)51)27(7)38(53)26(6)37(52)23(3)13-12-14-24(4)44(57)47-36(40(32)55)35(34)49-46;1-21-12-11-13-22(2)41(53)44-33-28(20-43-46-17-15-45(8)16-18-46)37(51)30-31(38(33)52)36(50)26(6)40(56-10)32(30)42(54)57-19-14-29(55-9)23(3)39(58-27(7)47)25(5)35(49)24(4)34(21)48/h12-15,20,22-23,25-27,30,37-38,41,48,52-55H,16-19,21H2,1-11H3;11-14,19-21,23-25,29,34-35,39,48-52H,15-18H2,1-10H3,(H,44,53)/b13-12+,20-15+,24-14-,47-36?;12-11+,19-14+,22-13-,43-20?/t23-,25+,26+,27+,30-,37-,38+,41+,45-;/m0./s1. The molecule has 2 amide bonds. The number of hydrazone groups is 1. The topological polar surface area (TPSA) is 429 Å². The van der Waals surface area contributed by atoms with Crippen LogP contribution < -0.4 is 30.8 Å². The summed E-state index contributed by atoms with van der Waals surface area (Å²) in [5.74, 6) is -13.4. The Kier molecular flexibility index (Phi) is 30.1. The van der Waals surface area contributed by atoms with Gasteiger partial charge in [0, 0.05) is 169 Å². The quantitative estimate of drug-likeness (QED) is 0.0245. The minimum atomic E-state index is -1.95. The number of piperidine rings is 1. The third kappa shape index (κ3) is 19.6. The number of fused-ring (bicyclic) bond motifs is 16. The fraction of sp³-hybridized carbons (Fsp3) is 0.557. The van der Waals surface area contributed by atoms with Crippen LogP contribution in [0, 0.1) is 67.1 Å². The maximum absolute atomic E-state index is 14.7. The zero-order chi connectivity index (χ0) is 88.0. The van der Waals surface area contributed by atoms with Gasteiger partial charge in [0.15, 0.2) is 11.5 Å². The monoisotopic (exact) mass is 1660 g/mol. The Hall–Kier alpha value is -9.99. The lowest BCUT2D eigenvalue weighted by Gasteiger charge is -2.38. The zero-order valence-corrected chi connectivity index (χ0v) is 72.0. The molecule has 7 heterocycles. The molecule has 650 valence electrons. The number of anilines is 2. The number of aromatic hydroxyl groups is 5. The lowest BCUT2D eigenvalue weighted by atomic mass is 9.78. The molecule has 4 aromatic carbocycles. The summed E-state index contributed by atoms with van der Waals surface area (Å²) in [4.78, 5) is 95.1. The van der Waals surface area contributed by atoms with Crippen molar-refractivity contribution in [3.05, 3.63) is 111 Å². The summed E-state index contributed by atoms with van der Waals surface area (Å²) in [6.07, 6.45) is 9.57. The van der Waals surface area contributed by atoms with Crippen LogP contribution in [0.5, 0.6) is 40.2 Å². The molecule has 1 spiro atoms. The van der Waals surface area contributed by atoms with Gasteiger partial charge >= 0.3 is 23.7 Å². The maximum Gasteiger partial charge on any atom is 0.347 e. The second-order valence-electron chi connectivity index (χ2n) is 33.2. The SMILES string of the molecule is CO[C@H]1/C=C/O[C@@]2(C)Oc3c(C)c(O)c4c(O)c(c5c(c4c3C2=O)NC2(CCN(CC(C)C)CC2)N=5)=NC(=O)/C(C)=C\C=C\[C@H](C)[C@H](O)[C@@H](C)[C@@H](O)[C@@H](C)[C@H](OC(C)=O)[C@@H]1C.COc1c(C)c(O)c2c(O)c3c(C=NN4CCN(C)CC4)c(O)c2c1C(=O)O/C=C/C(OC)C(C)C(OC(C)=O)C(C)C(O)C(C)C(O)C(C)/C=C/C=C(/C)C(=O)N3. The molecule has 11 rings (SSSR count). The fourth-order valence-corrected chi connectivity index (χ4v) is 16.7. The van der Waals surface area contributed by atoms with Crippen LogP contribution in [0.15, 0.2) is 87.4 Å². The third-order valence-electron chi connectivity index (χ3n) is 24.1. The number of hydrogen-bond donors (Lipinski definition) is 11. The molecule has 7 aliphatic rings. The van der Waals surface area contributed by atoms with Gasteiger partial charge in [0.1, 0.15) is 62.9 Å². The van der Waals surface area contributed by atoms with Crippen LogP contribution in [-0.2, 0) is 47.6 Å². The van der Waals surface area contributed by atoms with Crippen LogP contribution in [-0.4, -0.2) is 237 Å². The molecule has 2 fully saturated rings. The van der Waals surface area contributed by atoms with E-state index in [0.717, 1.165) is 25.9 Å². The van der Waals surface area contributed by atoms with Gasteiger partial charge in [0.05, 0.1) is 101 Å². The molecular weight excluding hydrogens is 1540 g/mol. The summed E-state index contributed by atoms with van der Waals surface area (Å²) >= 11 is 0. The molecule has 7 aliphatic heterocycles. The number of ketones is 1. The average molecular weight is 1660 g/mol. The fourth-order valence-electron chi connectivity index (χ4n) is 16.7. The van der Waals surface area contributed by atoms with Crippen LogP contribution in [0.1, 0.15) is 154 Å². The van der Waals surface area contributed by atoms with Gasteiger partial charge in [-0.25, -0.2) is 9.79 Å². The van der Waals surface area contributed by atoms with Gasteiger partial charge in [-0.15, -0.1) is 0 Å². The van der Waals surface area contributed by atoms with Crippen molar-refractivity contribution in [1.82, 2.24) is 14.8 Å². The number of aliphatic hydroxyl groups is 4. The summed E-state index contributed by atoms with van der Waals surface area (Å²) in [6, 6.07) is 0. The lowest BCUT2D eigenvalue weighted by molar-refractivity contribution is -0.161. The number of phenols is 5. The Balaban J connectivity index is 0.000000272. The highest BCUT2D eigenvalue weighted by atomic mass is 16.7. The number of carbonyl (C=O) groups is 6. The summed E-state index contributed by atoms with van der Waals surface area (Å²) in [5, 5.41) is 117. The number of carbonyl (C=O) groups excluding carboxylic acids is 6. The summed E-state index contributed by atoms with van der Waals surface area (Å²) in [7, 11) is 6.11. The van der Waals surface area contributed by atoms with Crippen LogP contribution in [0.3, 0.4) is 0 Å². The molecule has 0 radical (unpaired) electrons. The molecule has 11 N–H and O–H groups in total. The van der Waals surface area contributed by atoms with Gasteiger partial charge in [0.2, 0.25) is 0 Å². The number of nitrogens with one attached hydrogen (secondary N) is 2. The second-order valence-corrected chi connectivity index (χ2v) is 33.2. The Labute approximate surface area is 694 Å². The highest BCUT2D eigenvalue weighted by Gasteiger charge is 2.51. The Morgan fingerprint density at radius 2 is 1.14 bits per heavy atom. The van der Waals surface area contributed by atoms with Crippen molar-refractivity contribution in [3.8, 4) is 40.2 Å². The average Bonchev–Trinajstić information content (AvgIpc) is 1.58. The molecule has 2 saturated heterocycles. The van der Waals surface area contributed by atoms with E-state index in [-0.39, 0.29) is 94.2 Å². The number of methoxy groups -OCH3 is 3. The lowest BCUT2D eigenvalue weighted by Crippen LogP contribution is -2.47. The minimum Gasteiger partial charge on any atom is -0.507 e. The molecule has 31 heteroatoms. The van der Waals surface area contributed by atoms with E-state index in [1.807, 2.05) is 7.05 Å². The number of rotatable bonds is 9. The predicted octanol–water partition coefficient (Wildman–Crippen LogP) is 8.94. The Morgan fingerprint density at radius 3 is 1.66 bits per heavy atom. The molecular formula is C88H120N8O23. The van der Waals surface area contributed by atoms with Crippen molar-refractivity contribution in [3.63, 3.8) is 0 Å². The van der Waals surface area contributed by atoms with Gasteiger partial charge in [0.25, 0.3) is 17.6 Å². The Bertz CT molecular complexity index is 4860. The highest BCUT2D eigenvalue weighted by molar-refractivity contribution is 6.23. The van der Waals surface area contributed by atoms with Crippen molar-refractivity contribution in [2.24, 2.45) is 68.3 Å². The van der Waals surface area contributed by atoms with Crippen molar-refractivity contribution in [2.45, 2.75) is 191 Å². The van der Waals surface area contributed by atoms with Gasteiger partial charge in [-0.05, 0) is 52.8 Å². The second kappa shape index (κ2) is 38.6. The van der Waals surface area contributed by atoms with Crippen molar-refractivity contribution < 1.29 is 113 Å². The number of ether oxygens (including phenoxy) is 8. The van der Waals surface area contributed by atoms with Gasteiger partial charge in [-0.1, -0.05) is 106 Å². The molecule has 0 aliphatic carbocycles. The van der Waals surface area contributed by atoms with Gasteiger partial charge in [-0.3, -0.25) is 34.0 Å². The summed E-state index contributed by atoms with van der Waals surface area (Å²) in [6.45, 7) is 33.1. The zero-order valence-electron chi connectivity index (χ0n) is 72.0. The number of nitrogens with zero attached hydrogens (tertiary/aromatic N) is 6. The minimum absolute atomic E-state index is 0.0224. The molecule has 8 unspecified atom stereocenters. The number of amides is 2. The number of phenolic OH excluding ortho intramolecular Hbond substituents is 5. The molecule has 17 atom stereocenters. The van der Waals surface area contributed by atoms with E-state index < -0.39 is 166 Å². The van der Waals surface area contributed by atoms with E-state index in [1.165, 1.54) is 80.6 Å². The van der Waals surface area contributed by atoms with Crippen molar-refractivity contribution in [1.29, 1.82) is 0 Å². The first-order chi connectivity index (χ1) is 56.0. The van der Waals surface area contributed by atoms with Crippen molar-refractivity contribution >= 4 is 74.6 Å². The highest BCUT2D eigenvalue weighted by Crippen LogP contribution is 2.54. The molecule has 0 saturated carbocycles. The van der Waals surface area contributed by atoms with Crippen LogP contribution in [0.4, 0.5) is 11.4 Å². The van der Waals surface area contributed by atoms with E-state index in [0.29, 0.717) is 50.6 Å². The van der Waals surface area contributed by atoms with E-state index in [4.69, 9.17) is 42.9 Å². The number of likely N-dealkylation sites (tertiary alicyclic amines) is 1. The van der Waals surface area contributed by atoms with Gasteiger partial charge < -0.3 is 104 Å². The summed E-state index contributed by atoms with van der Waals surface area (Å²) in [5.41, 5.74) is -0.737. The number of piperazine rings is 1. The van der Waals surface area contributed by atoms with Crippen LogP contribution >= 0.6 is 0 Å². The largest absolute Gasteiger partial charge is 0.507 e. The molecule has 0 aromatic heterocycles. The third-order valence-corrected chi connectivity index (χ3v) is 24.1. The van der Waals surface area contributed by atoms with Crippen LogP contribution in [0.25, 0.3) is 21.5 Å². The van der Waals surface area contributed by atoms with Gasteiger partial charge in [-0.2, -0.15) is 5.10 Å². The molecule has 31 nitrogen and oxygen atoms in total. The first-order valence-electron chi connectivity index (χ1n) is 40.5. The first-order valence-corrected chi connectivity index (χ1v) is 40.5.